The highest BCUT2D eigenvalue weighted by Crippen LogP contribution is 2.41. The van der Waals surface area contributed by atoms with Crippen molar-refractivity contribution in [2.24, 2.45) is 0 Å². The first-order chi connectivity index (χ1) is 10.2. The van der Waals surface area contributed by atoms with Gasteiger partial charge in [-0.05, 0) is 41.0 Å². The number of hydrogen-bond donors (Lipinski definition) is 0. The van der Waals surface area contributed by atoms with Gasteiger partial charge in [0.15, 0.2) is 0 Å². The second kappa shape index (κ2) is 5.49. The fraction of sp³-hybridized carbons (Fsp3) is 0.158. The lowest BCUT2D eigenvalue weighted by Crippen LogP contribution is -1.94. The lowest BCUT2D eigenvalue weighted by atomic mass is 9.95. The molecule has 0 fully saturated rings. The fourth-order valence-corrected chi connectivity index (χ4v) is 2.78. The van der Waals surface area contributed by atoms with Gasteiger partial charge < -0.3 is 9.47 Å². The first-order valence-electron chi connectivity index (χ1n) is 6.95. The van der Waals surface area contributed by atoms with Crippen molar-refractivity contribution in [2.75, 3.05) is 14.2 Å². The van der Waals surface area contributed by atoms with Crippen LogP contribution >= 0.6 is 0 Å². The van der Waals surface area contributed by atoms with Crippen molar-refractivity contribution in [3.8, 4) is 22.6 Å². The molecule has 3 aromatic rings. The number of benzene rings is 3. The Morgan fingerprint density at radius 1 is 0.762 bits per heavy atom. The second-order valence-corrected chi connectivity index (χ2v) is 5.07. The molecular formula is C19H18O2. The summed E-state index contributed by atoms with van der Waals surface area (Å²) in [5.74, 6) is 1.65. The van der Waals surface area contributed by atoms with Crippen LogP contribution in [0.3, 0.4) is 0 Å². The minimum Gasteiger partial charge on any atom is -0.496 e. The molecule has 0 spiro atoms. The van der Waals surface area contributed by atoms with Crippen molar-refractivity contribution >= 4 is 10.8 Å². The van der Waals surface area contributed by atoms with Crippen molar-refractivity contribution in [1.82, 2.24) is 0 Å². The lowest BCUT2D eigenvalue weighted by molar-refractivity contribution is 0.397. The molecule has 0 saturated heterocycles. The van der Waals surface area contributed by atoms with E-state index in [1.54, 1.807) is 14.2 Å². The van der Waals surface area contributed by atoms with Crippen LogP contribution in [0.2, 0.25) is 0 Å². The summed E-state index contributed by atoms with van der Waals surface area (Å²) < 4.78 is 11.1. The molecule has 0 radical (unpaired) electrons. The number of hydrogen-bond acceptors (Lipinski definition) is 2. The van der Waals surface area contributed by atoms with Crippen LogP contribution in [0.5, 0.6) is 11.5 Å². The van der Waals surface area contributed by atoms with Gasteiger partial charge in [0.2, 0.25) is 0 Å². The van der Waals surface area contributed by atoms with Crippen LogP contribution < -0.4 is 9.47 Å². The van der Waals surface area contributed by atoms with Gasteiger partial charge in [-0.25, -0.2) is 0 Å². The van der Waals surface area contributed by atoms with Crippen molar-refractivity contribution in [2.45, 2.75) is 6.92 Å². The molecule has 0 aliphatic rings. The van der Waals surface area contributed by atoms with E-state index in [1.807, 2.05) is 18.2 Å². The summed E-state index contributed by atoms with van der Waals surface area (Å²) in [7, 11) is 3.38. The van der Waals surface area contributed by atoms with E-state index in [2.05, 4.69) is 43.3 Å². The van der Waals surface area contributed by atoms with Crippen LogP contribution in [0, 0.1) is 6.92 Å². The summed E-state index contributed by atoms with van der Waals surface area (Å²) in [4.78, 5) is 0. The van der Waals surface area contributed by atoms with Gasteiger partial charge in [0, 0.05) is 0 Å². The molecule has 0 atom stereocenters. The monoisotopic (exact) mass is 278 g/mol. The zero-order valence-corrected chi connectivity index (χ0v) is 12.5. The maximum atomic E-state index is 5.55. The quantitative estimate of drug-likeness (QED) is 0.683. The molecule has 2 heteroatoms. The van der Waals surface area contributed by atoms with Gasteiger partial charge in [-0.1, -0.05) is 42.5 Å². The molecule has 106 valence electrons. The molecule has 0 amide bonds. The van der Waals surface area contributed by atoms with Crippen molar-refractivity contribution in [3.63, 3.8) is 0 Å². The molecule has 0 aliphatic heterocycles. The molecular weight excluding hydrogens is 260 g/mol. The first-order valence-corrected chi connectivity index (χ1v) is 6.95. The third-order valence-electron chi connectivity index (χ3n) is 3.70. The van der Waals surface area contributed by atoms with Gasteiger partial charge in [-0.3, -0.25) is 0 Å². The van der Waals surface area contributed by atoms with Crippen LogP contribution in [-0.2, 0) is 0 Å². The Bertz CT molecular complexity index is 768. The fourth-order valence-electron chi connectivity index (χ4n) is 2.78. The molecule has 0 bridgehead atoms. The Labute approximate surface area is 124 Å². The number of fused-ring (bicyclic) bond motifs is 1. The lowest BCUT2D eigenvalue weighted by Gasteiger charge is -2.16. The van der Waals surface area contributed by atoms with Crippen molar-refractivity contribution in [1.29, 1.82) is 0 Å². The Morgan fingerprint density at radius 2 is 1.43 bits per heavy atom. The normalized spacial score (nSPS) is 10.6. The molecule has 0 aliphatic carbocycles. The van der Waals surface area contributed by atoms with Crippen molar-refractivity contribution < 1.29 is 9.47 Å². The summed E-state index contributed by atoms with van der Waals surface area (Å²) in [6.45, 7) is 2.11. The van der Waals surface area contributed by atoms with E-state index in [4.69, 9.17) is 9.47 Å². The third-order valence-corrected chi connectivity index (χ3v) is 3.70. The molecule has 0 heterocycles. The highest BCUT2D eigenvalue weighted by atomic mass is 16.5. The van der Waals surface area contributed by atoms with Crippen LogP contribution in [-0.4, -0.2) is 14.2 Å². The summed E-state index contributed by atoms with van der Waals surface area (Å²) >= 11 is 0. The highest BCUT2D eigenvalue weighted by Gasteiger charge is 2.15. The topological polar surface area (TPSA) is 18.5 Å². The summed E-state index contributed by atoms with van der Waals surface area (Å²) in [5.41, 5.74) is 3.36. The molecule has 0 saturated carbocycles. The largest absolute Gasteiger partial charge is 0.496 e. The maximum Gasteiger partial charge on any atom is 0.130 e. The second-order valence-electron chi connectivity index (χ2n) is 5.07. The molecule has 21 heavy (non-hydrogen) atoms. The van der Waals surface area contributed by atoms with Gasteiger partial charge >= 0.3 is 0 Å². The number of aryl methyl sites for hydroxylation is 1. The van der Waals surface area contributed by atoms with Crippen molar-refractivity contribution in [3.05, 3.63) is 60.2 Å². The average molecular weight is 278 g/mol. The van der Waals surface area contributed by atoms with Crippen LogP contribution in [0.15, 0.2) is 54.6 Å². The molecule has 2 nitrogen and oxygen atoms in total. The molecule has 3 aromatic carbocycles. The number of methoxy groups -OCH3 is 2. The molecule has 0 N–H and O–H groups in total. The summed E-state index contributed by atoms with van der Waals surface area (Å²) in [5, 5.41) is 2.42. The van der Waals surface area contributed by atoms with Crippen LogP contribution in [0.4, 0.5) is 0 Å². The van der Waals surface area contributed by atoms with Gasteiger partial charge in [0.25, 0.3) is 0 Å². The molecule has 3 rings (SSSR count). The van der Waals surface area contributed by atoms with E-state index < -0.39 is 0 Å². The van der Waals surface area contributed by atoms with E-state index in [1.165, 1.54) is 16.3 Å². The zero-order chi connectivity index (χ0) is 14.8. The van der Waals surface area contributed by atoms with Crippen LogP contribution in [0.1, 0.15) is 5.56 Å². The minimum atomic E-state index is 0.824. The Balaban J connectivity index is 2.40. The average Bonchev–Trinajstić information content (AvgIpc) is 2.53. The predicted octanol–water partition coefficient (Wildman–Crippen LogP) is 4.83. The summed E-state index contributed by atoms with van der Waals surface area (Å²) in [6, 6.07) is 18.6. The van der Waals surface area contributed by atoms with Crippen LogP contribution in [0.25, 0.3) is 21.9 Å². The minimum absolute atomic E-state index is 0.824. The number of rotatable bonds is 3. The Hall–Kier alpha value is -2.48. The van der Waals surface area contributed by atoms with E-state index in [0.717, 1.165) is 22.6 Å². The zero-order valence-electron chi connectivity index (χ0n) is 12.5. The van der Waals surface area contributed by atoms with E-state index in [9.17, 15) is 0 Å². The smallest absolute Gasteiger partial charge is 0.130 e. The summed E-state index contributed by atoms with van der Waals surface area (Å²) in [6.07, 6.45) is 0. The van der Waals surface area contributed by atoms with E-state index in [-0.39, 0.29) is 0 Å². The van der Waals surface area contributed by atoms with Gasteiger partial charge in [-0.2, -0.15) is 0 Å². The Morgan fingerprint density at radius 3 is 2.10 bits per heavy atom. The first kappa shape index (κ1) is 13.5. The maximum absolute atomic E-state index is 5.55. The van der Waals surface area contributed by atoms with E-state index >= 15 is 0 Å². The predicted molar refractivity (Wildman–Crippen MR) is 87.2 cm³/mol. The van der Waals surface area contributed by atoms with E-state index in [0.29, 0.717) is 0 Å². The van der Waals surface area contributed by atoms with Gasteiger partial charge in [0.05, 0.1) is 19.8 Å². The third kappa shape index (κ3) is 2.33. The molecule has 0 aromatic heterocycles. The molecule has 0 unspecified atom stereocenters. The standard InChI is InChI=1S/C19H18O2/c1-13-11-14-7-4-5-8-15(14)16(12-13)19-17(20-2)9-6-10-18(19)21-3/h4-12H,1-3H3. The van der Waals surface area contributed by atoms with Gasteiger partial charge in [-0.15, -0.1) is 0 Å². The SMILES string of the molecule is COc1cccc(OC)c1-c1cc(C)cc2ccccc12. The number of ether oxygens (including phenoxy) is 2. The Kier molecular flexibility index (Phi) is 3.53. The highest BCUT2D eigenvalue weighted by molar-refractivity contribution is 6.00. The van der Waals surface area contributed by atoms with Gasteiger partial charge in [0.1, 0.15) is 11.5 Å².